The lowest BCUT2D eigenvalue weighted by Gasteiger charge is -2.01. The van der Waals surface area contributed by atoms with Crippen LogP contribution in [0.4, 0.5) is 8.78 Å². The van der Waals surface area contributed by atoms with Crippen molar-refractivity contribution in [2.24, 2.45) is 0 Å². The van der Waals surface area contributed by atoms with E-state index in [0.29, 0.717) is 12.1 Å². The molecule has 0 atom stereocenters. The second-order valence-corrected chi connectivity index (χ2v) is 4.31. The summed E-state index contributed by atoms with van der Waals surface area (Å²) < 4.78 is 28.5. The Bertz CT molecular complexity index is 800. The van der Waals surface area contributed by atoms with Crippen LogP contribution in [-0.4, -0.2) is 21.1 Å². The maximum Gasteiger partial charge on any atom is 0.153 e. The maximum atomic E-state index is 13.8. The van der Waals surface area contributed by atoms with Crippen LogP contribution in [0.1, 0.15) is 10.4 Å². The molecule has 0 aliphatic rings. The van der Waals surface area contributed by atoms with E-state index in [4.69, 9.17) is 0 Å². The minimum absolute atomic E-state index is 0.0632. The number of carbonyl (C=O) groups excluding carboxylic acids is 1. The Morgan fingerprint density at radius 2 is 2.00 bits per heavy atom. The summed E-state index contributed by atoms with van der Waals surface area (Å²) >= 11 is 0. The minimum atomic E-state index is -0.647. The van der Waals surface area contributed by atoms with E-state index < -0.39 is 11.6 Å². The van der Waals surface area contributed by atoms with Crippen molar-refractivity contribution in [1.82, 2.24) is 14.8 Å². The van der Waals surface area contributed by atoms with Crippen LogP contribution in [0.5, 0.6) is 0 Å². The van der Waals surface area contributed by atoms with E-state index in [9.17, 15) is 13.6 Å². The third-order valence-corrected chi connectivity index (χ3v) is 2.94. The molecule has 21 heavy (non-hydrogen) atoms. The number of nitrogens with zero attached hydrogens (tertiary/aromatic N) is 3. The lowest BCUT2D eigenvalue weighted by molar-refractivity contribution is 0.112. The van der Waals surface area contributed by atoms with Crippen molar-refractivity contribution in [3.63, 3.8) is 0 Å². The molecule has 104 valence electrons. The summed E-state index contributed by atoms with van der Waals surface area (Å²) in [6.45, 7) is 0. The van der Waals surface area contributed by atoms with Crippen molar-refractivity contribution in [3.05, 3.63) is 66.0 Å². The largest absolute Gasteiger partial charge is 0.298 e. The summed E-state index contributed by atoms with van der Waals surface area (Å²) in [4.78, 5) is 15.2. The van der Waals surface area contributed by atoms with Gasteiger partial charge < -0.3 is 0 Å². The van der Waals surface area contributed by atoms with Gasteiger partial charge in [0.1, 0.15) is 17.3 Å². The monoisotopic (exact) mass is 285 g/mol. The number of halogens is 2. The second-order valence-electron chi connectivity index (χ2n) is 4.31. The van der Waals surface area contributed by atoms with E-state index in [0.717, 1.165) is 18.2 Å². The van der Waals surface area contributed by atoms with Gasteiger partial charge >= 0.3 is 0 Å². The van der Waals surface area contributed by atoms with Gasteiger partial charge in [0.2, 0.25) is 0 Å². The van der Waals surface area contributed by atoms with Crippen molar-refractivity contribution >= 4 is 6.29 Å². The highest BCUT2D eigenvalue weighted by molar-refractivity contribution is 5.85. The normalized spacial score (nSPS) is 10.6. The Balaban J connectivity index is 2.17. The summed E-state index contributed by atoms with van der Waals surface area (Å²) in [6, 6.07) is 8.20. The van der Waals surface area contributed by atoms with Crippen molar-refractivity contribution in [2.45, 2.75) is 0 Å². The minimum Gasteiger partial charge on any atom is -0.298 e. The summed E-state index contributed by atoms with van der Waals surface area (Å²) in [5.41, 5.74) is 0.171. The van der Waals surface area contributed by atoms with Gasteiger partial charge in [-0.15, -0.1) is 0 Å². The van der Waals surface area contributed by atoms with Crippen LogP contribution < -0.4 is 0 Å². The molecule has 0 radical (unpaired) electrons. The molecule has 0 spiro atoms. The average molecular weight is 285 g/mol. The quantitative estimate of drug-likeness (QED) is 0.695. The van der Waals surface area contributed by atoms with E-state index >= 15 is 0 Å². The van der Waals surface area contributed by atoms with E-state index in [2.05, 4.69) is 10.1 Å². The number of carbonyl (C=O) groups is 1. The summed E-state index contributed by atoms with van der Waals surface area (Å²) in [5.74, 6) is -0.773. The van der Waals surface area contributed by atoms with Crippen LogP contribution in [0, 0.1) is 11.6 Å². The zero-order valence-electron chi connectivity index (χ0n) is 10.7. The highest BCUT2D eigenvalue weighted by Gasteiger charge is 2.16. The van der Waals surface area contributed by atoms with Gasteiger partial charge in [0.15, 0.2) is 12.1 Å². The summed E-state index contributed by atoms with van der Waals surface area (Å²) in [7, 11) is 0. The fourth-order valence-electron chi connectivity index (χ4n) is 1.97. The molecule has 6 heteroatoms. The highest BCUT2D eigenvalue weighted by Crippen LogP contribution is 2.25. The molecule has 4 nitrogen and oxygen atoms in total. The van der Waals surface area contributed by atoms with Gasteiger partial charge in [-0.25, -0.2) is 18.4 Å². The van der Waals surface area contributed by atoms with Crippen molar-refractivity contribution < 1.29 is 13.6 Å². The van der Waals surface area contributed by atoms with Crippen LogP contribution in [0.15, 0.2) is 48.8 Å². The topological polar surface area (TPSA) is 47.8 Å². The van der Waals surface area contributed by atoms with E-state index in [1.54, 1.807) is 24.4 Å². The Morgan fingerprint density at radius 1 is 1.14 bits per heavy atom. The van der Waals surface area contributed by atoms with Gasteiger partial charge in [0.25, 0.3) is 0 Å². The van der Waals surface area contributed by atoms with Gasteiger partial charge in [-0.2, -0.15) is 5.10 Å². The lowest BCUT2D eigenvalue weighted by atomic mass is 10.1. The molecule has 0 aliphatic carbocycles. The first-order chi connectivity index (χ1) is 10.2. The molecule has 0 unspecified atom stereocenters. The molecule has 3 aromatic rings. The molecule has 0 amide bonds. The molecule has 2 aromatic heterocycles. The second kappa shape index (κ2) is 5.24. The standard InChI is InChI=1S/C15H9F2N3O/c16-11-4-5-13(17)12(7-11)15-10(9-21)8-20(19-15)14-3-1-2-6-18-14/h1-9H. The van der Waals surface area contributed by atoms with Gasteiger partial charge in [-0.05, 0) is 30.3 Å². The van der Waals surface area contributed by atoms with Crippen LogP contribution >= 0.6 is 0 Å². The molecule has 0 fully saturated rings. The number of hydrogen-bond acceptors (Lipinski definition) is 3. The maximum absolute atomic E-state index is 13.8. The van der Waals surface area contributed by atoms with Gasteiger partial charge in [-0.3, -0.25) is 4.79 Å². The van der Waals surface area contributed by atoms with Crippen molar-refractivity contribution in [3.8, 4) is 17.1 Å². The summed E-state index contributed by atoms with van der Waals surface area (Å²) in [6.07, 6.45) is 3.54. The zero-order valence-corrected chi connectivity index (χ0v) is 10.7. The number of benzene rings is 1. The van der Waals surface area contributed by atoms with Crippen molar-refractivity contribution in [1.29, 1.82) is 0 Å². The van der Waals surface area contributed by atoms with E-state index in [-0.39, 0.29) is 16.8 Å². The van der Waals surface area contributed by atoms with Gasteiger partial charge in [0.05, 0.1) is 5.56 Å². The highest BCUT2D eigenvalue weighted by atomic mass is 19.1. The van der Waals surface area contributed by atoms with Gasteiger partial charge in [0, 0.05) is 18.0 Å². The molecule has 3 rings (SSSR count). The molecule has 1 aromatic carbocycles. The molecule has 0 saturated heterocycles. The Hall–Kier alpha value is -2.89. The first kappa shape index (κ1) is 13.1. The number of aromatic nitrogens is 3. The number of aldehydes is 1. The SMILES string of the molecule is O=Cc1cn(-c2ccccn2)nc1-c1cc(F)ccc1F. The van der Waals surface area contributed by atoms with Gasteiger partial charge in [-0.1, -0.05) is 6.07 Å². The fraction of sp³-hybridized carbons (Fsp3) is 0. The Labute approximate surface area is 118 Å². The lowest BCUT2D eigenvalue weighted by Crippen LogP contribution is -1.97. The number of pyridine rings is 1. The molecule has 0 N–H and O–H groups in total. The molecular weight excluding hydrogens is 276 g/mol. The van der Waals surface area contributed by atoms with Crippen molar-refractivity contribution in [2.75, 3.05) is 0 Å². The predicted molar refractivity (Wildman–Crippen MR) is 72.1 cm³/mol. The first-order valence-electron chi connectivity index (χ1n) is 6.10. The molecular formula is C15H9F2N3O. The van der Waals surface area contributed by atoms with Crippen LogP contribution in [0.3, 0.4) is 0 Å². The smallest absolute Gasteiger partial charge is 0.153 e. The first-order valence-corrected chi connectivity index (χ1v) is 6.10. The molecule has 0 aliphatic heterocycles. The third-order valence-electron chi connectivity index (χ3n) is 2.94. The predicted octanol–water partition coefficient (Wildman–Crippen LogP) is 3.03. The fourth-order valence-corrected chi connectivity index (χ4v) is 1.97. The Morgan fingerprint density at radius 3 is 2.71 bits per heavy atom. The Kier molecular flexibility index (Phi) is 3.27. The number of rotatable bonds is 3. The van der Waals surface area contributed by atoms with E-state index in [1.165, 1.54) is 10.9 Å². The molecule has 0 saturated carbocycles. The van der Waals surface area contributed by atoms with E-state index in [1.807, 2.05) is 0 Å². The average Bonchev–Trinajstić information content (AvgIpc) is 2.94. The van der Waals surface area contributed by atoms with Crippen LogP contribution in [-0.2, 0) is 0 Å². The van der Waals surface area contributed by atoms with Crippen LogP contribution in [0.25, 0.3) is 17.1 Å². The number of hydrogen-bond donors (Lipinski definition) is 0. The van der Waals surface area contributed by atoms with Crippen LogP contribution in [0.2, 0.25) is 0 Å². The third kappa shape index (κ3) is 2.43. The molecule has 2 heterocycles. The summed E-state index contributed by atoms with van der Waals surface area (Å²) in [5, 5.41) is 4.14. The molecule has 0 bridgehead atoms. The zero-order chi connectivity index (χ0) is 14.8.